The van der Waals surface area contributed by atoms with Gasteiger partial charge in [0.1, 0.15) is 0 Å². The van der Waals surface area contributed by atoms with Gasteiger partial charge < -0.3 is 15.9 Å². The van der Waals surface area contributed by atoms with Crippen LogP contribution >= 0.6 is 0 Å². The van der Waals surface area contributed by atoms with E-state index in [1.807, 2.05) is 0 Å². The van der Waals surface area contributed by atoms with Crippen molar-refractivity contribution in [1.29, 1.82) is 0 Å². The fourth-order valence-electron chi connectivity index (χ4n) is 0.378. The third-order valence-electron chi connectivity index (χ3n) is 0.955. The summed E-state index contributed by atoms with van der Waals surface area (Å²) in [5.74, 6) is -2.28. The molecule has 9 heteroatoms. The van der Waals surface area contributed by atoms with Crippen molar-refractivity contribution in [3.8, 4) is 0 Å². The molecule has 6 N–H and O–H groups in total. The monoisotopic (exact) mass is 242 g/mol. The molecule has 0 rings (SSSR count). The van der Waals surface area contributed by atoms with Crippen LogP contribution in [0.5, 0.6) is 0 Å². The molecule has 0 saturated carbocycles. The summed E-state index contributed by atoms with van der Waals surface area (Å²) in [4.78, 5) is 19.3. The van der Waals surface area contributed by atoms with Crippen molar-refractivity contribution in [2.75, 3.05) is 12.3 Å². The predicted octanol–water partition coefficient (Wildman–Crippen LogP) is -1.83. The van der Waals surface area contributed by atoms with Gasteiger partial charge in [-0.05, 0) is 0 Å². The molecule has 0 unspecified atom stereocenters. The molecule has 0 saturated heterocycles. The van der Waals surface area contributed by atoms with Gasteiger partial charge in [0.2, 0.25) is 10.0 Å². The third-order valence-corrected chi connectivity index (χ3v) is 1.76. The number of carboxylic acids is 2. The first-order chi connectivity index (χ1) is 6.69. The number of hydrogen-bond acceptors (Lipinski definition) is 5. The summed E-state index contributed by atoms with van der Waals surface area (Å²) in [6.45, 7) is 0.0961. The Morgan fingerprint density at radius 2 is 1.40 bits per heavy atom. The van der Waals surface area contributed by atoms with Crippen LogP contribution in [0.4, 0.5) is 0 Å². The van der Waals surface area contributed by atoms with Crippen molar-refractivity contribution < 1.29 is 28.2 Å². The highest BCUT2D eigenvalue weighted by molar-refractivity contribution is 7.89. The van der Waals surface area contributed by atoms with Gasteiger partial charge in [0.05, 0.1) is 18.6 Å². The number of carboxylic acid groups (broad SMARTS) is 2. The normalized spacial score (nSPS) is 10.0. The van der Waals surface area contributed by atoms with Gasteiger partial charge in [0, 0.05) is 6.54 Å². The van der Waals surface area contributed by atoms with Crippen LogP contribution in [0.2, 0.25) is 0 Å². The molecule has 8 nitrogen and oxygen atoms in total. The first-order valence-electron chi connectivity index (χ1n) is 3.83. The van der Waals surface area contributed by atoms with Gasteiger partial charge in [0.15, 0.2) is 0 Å². The summed E-state index contributed by atoms with van der Waals surface area (Å²) < 4.78 is 19.9. The van der Waals surface area contributed by atoms with E-state index in [2.05, 4.69) is 5.14 Å². The van der Waals surface area contributed by atoms with Crippen LogP contribution in [0.15, 0.2) is 0 Å². The molecule has 0 aromatic carbocycles. The lowest BCUT2D eigenvalue weighted by atomic mass is 10.3. The molecule has 0 aliphatic carbocycles. The summed E-state index contributed by atoms with van der Waals surface area (Å²) in [6, 6.07) is 0. The standard InChI is InChI=1S/C4H6O4.C2H8N2O2S/c5-3(6)1-2-4(7)8;3-1-2-7(4,5)6/h1-2H2,(H,5,6)(H,7,8);1-3H2,(H2,4,5,6). The van der Waals surface area contributed by atoms with Crippen LogP contribution < -0.4 is 10.9 Å². The molecule has 0 aliphatic rings. The van der Waals surface area contributed by atoms with Gasteiger partial charge in [-0.2, -0.15) is 0 Å². The van der Waals surface area contributed by atoms with E-state index in [-0.39, 0.29) is 25.1 Å². The number of rotatable bonds is 5. The molecule has 15 heavy (non-hydrogen) atoms. The molecule has 0 radical (unpaired) electrons. The average molecular weight is 242 g/mol. The second kappa shape index (κ2) is 8.15. The molecular weight excluding hydrogens is 228 g/mol. The lowest BCUT2D eigenvalue weighted by Crippen LogP contribution is -2.22. The average Bonchev–Trinajstić information content (AvgIpc) is 1.99. The highest BCUT2D eigenvalue weighted by atomic mass is 32.2. The molecule has 0 heterocycles. The Kier molecular flexibility index (Phi) is 8.82. The summed E-state index contributed by atoms with van der Waals surface area (Å²) in [6.07, 6.45) is -0.593. The SMILES string of the molecule is NCCS(N)(=O)=O.O=C(O)CCC(=O)O. The van der Waals surface area contributed by atoms with Crippen LogP contribution in [0.1, 0.15) is 12.8 Å². The van der Waals surface area contributed by atoms with Crippen molar-refractivity contribution in [3.05, 3.63) is 0 Å². The second-order valence-electron chi connectivity index (χ2n) is 2.44. The van der Waals surface area contributed by atoms with E-state index in [0.29, 0.717) is 0 Å². The van der Waals surface area contributed by atoms with Gasteiger partial charge in [0.25, 0.3) is 0 Å². The van der Waals surface area contributed by atoms with E-state index in [4.69, 9.17) is 15.9 Å². The second-order valence-corrected chi connectivity index (χ2v) is 4.18. The van der Waals surface area contributed by atoms with Crippen molar-refractivity contribution in [1.82, 2.24) is 0 Å². The number of sulfonamides is 1. The number of nitrogens with two attached hydrogens (primary N) is 2. The van der Waals surface area contributed by atoms with Crippen LogP contribution in [-0.4, -0.2) is 42.9 Å². The highest BCUT2D eigenvalue weighted by Gasteiger charge is 2.00. The summed E-state index contributed by atoms with van der Waals surface area (Å²) in [5.41, 5.74) is 4.86. The topological polar surface area (TPSA) is 161 Å². The molecular formula is C6H14N2O6S. The number of hydrogen-bond donors (Lipinski definition) is 4. The lowest BCUT2D eigenvalue weighted by Gasteiger charge is -1.87. The zero-order valence-corrected chi connectivity index (χ0v) is 8.74. The fraction of sp³-hybridized carbons (Fsp3) is 0.667. The van der Waals surface area contributed by atoms with Crippen LogP contribution in [-0.2, 0) is 19.6 Å². The Morgan fingerprint density at radius 3 is 1.47 bits per heavy atom. The molecule has 0 atom stereocenters. The molecule has 0 aromatic rings. The van der Waals surface area contributed by atoms with Crippen molar-refractivity contribution in [2.24, 2.45) is 10.9 Å². The highest BCUT2D eigenvalue weighted by Crippen LogP contribution is 1.86. The van der Waals surface area contributed by atoms with E-state index >= 15 is 0 Å². The van der Waals surface area contributed by atoms with Gasteiger partial charge in [-0.25, -0.2) is 13.6 Å². The van der Waals surface area contributed by atoms with Crippen molar-refractivity contribution in [2.45, 2.75) is 12.8 Å². The van der Waals surface area contributed by atoms with Gasteiger partial charge in [-0.1, -0.05) is 0 Å². The van der Waals surface area contributed by atoms with Gasteiger partial charge in [-0.3, -0.25) is 9.59 Å². The Morgan fingerprint density at radius 1 is 1.07 bits per heavy atom. The quantitative estimate of drug-likeness (QED) is 0.440. The van der Waals surface area contributed by atoms with E-state index in [0.717, 1.165) is 0 Å². The van der Waals surface area contributed by atoms with E-state index in [1.54, 1.807) is 0 Å². The zero-order chi connectivity index (χ0) is 12.5. The zero-order valence-electron chi connectivity index (χ0n) is 7.92. The molecule has 0 spiro atoms. The number of aliphatic carboxylic acids is 2. The van der Waals surface area contributed by atoms with E-state index < -0.39 is 22.0 Å². The summed E-state index contributed by atoms with van der Waals surface area (Å²) >= 11 is 0. The maximum absolute atomic E-state index is 9.93. The Labute approximate surface area is 86.9 Å². The van der Waals surface area contributed by atoms with Crippen LogP contribution in [0.25, 0.3) is 0 Å². The van der Waals surface area contributed by atoms with Crippen molar-refractivity contribution >= 4 is 22.0 Å². The minimum atomic E-state index is -3.30. The molecule has 0 aromatic heterocycles. The Hall–Kier alpha value is -1.19. The maximum atomic E-state index is 9.93. The minimum absolute atomic E-state index is 0.0961. The van der Waals surface area contributed by atoms with Crippen LogP contribution in [0, 0.1) is 0 Å². The van der Waals surface area contributed by atoms with E-state index in [1.165, 1.54) is 0 Å². The Balaban J connectivity index is 0. The molecule has 0 bridgehead atoms. The first-order valence-corrected chi connectivity index (χ1v) is 5.54. The molecule has 0 fully saturated rings. The fourth-order valence-corrected chi connectivity index (χ4v) is 0.707. The van der Waals surface area contributed by atoms with Gasteiger partial charge >= 0.3 is 11.9 Å². The lowest BCUT2D eigenvalue weighted by molar-refractivity contribution is -0.143. The van der Waals surface area contributed by atoms with Gasteiger partial charge in [-0.15, -0.1) is 0 Å². The largest absolute Gasteiger partial charge is 0.481 e. The predicted molar refractivity (Wildman–Crippen MR) is 51.5 cm³/mol. The summed E-state index contributed by atoms with van der Waals surface area (Å²) in [7, 11) is -3.30. The Bertz CT molecular complexity index is 285. The van der Waals surface area contributed by atoms with Crippen LogP contribution in [0.3, 0.4) is 0 Å². The minimum Gasteiger partial charge on any atom is -0.481 e. The number of primary sulfonamides is 1. The third kappa shape index (κ3) is 24.5. The van der Waals surface area contributed by atoms with E-state index in [9.17, 15) is 18.0 Å². The maximum Gasteiger partial charge on any atom is 0.303 e. The smallest absolute Gasteiger partial charge is 0.303 e. The molecule has 90 valence electrons. The first kappa shape index (κ1) is 16.2. The molecule has 0 aliphatic heterocycles. The van der Waals surface area contributed by atoms with Crippen molar-refractivity contribution in [3.63, 3.8) is 0 Å². The molecule has 0 amide bonds. The number of carbonyl (C=O) groups is 2. The summed E-state index contributed by atoms with van der Waals surface area (Å²) in [5, 5.41) is 20.3.